The van der Waals surface area contributed by atoms with E-state index in [-0.39, 0.29) is 17.1 Å². The Labute approximate surface area is 164 Å². The third-order valence-electron chi connectivity index (χ3n) is 4.40. The van der Waals surface area contributed by atoms with E-state index in [1.54, 1.807) is 37.3 Å². The number of nitro benzene ring substituents is 1. The summed E-state index contributed by atoms with van der Waals surface area (Å²) in [5, 5.41) is 13.8. The van der Waals surface area contributed by atoms with Gasteiger partial charge in [0, 0.05) is 28.4 Å². The van der Waals surface area contributed by atoms with Crippen LogP contribution < -0.4 is 5.32 Å². The van der Waals surface area contributed by atoms with Gasteiger partial charge in [0.2, 0.25) is 5.89 Å². The zero-order valence-electron chi connectivity index (χ0n) is 15.2. The van der Waals surface area contributed by atoms with E-state index in [0.717, 1.165) is 0 Å². The van der Waals surface area contributed by atoms with E-state index >= 15 is 0 Å². The van der Waals surface area contributed by atoms with Crippen LogP contribution in [0.15, 0.2) is 65.1 Å². The highest BCUT2D eigenvalue weighted by Crippen LogP contribution is 2.27. The van der Waals surface area contributed by atoms with Gasteiger partial charge in [-0.25, -0.2) is 9.37 Å². The molecule has 4 aromatic rings. The van der Waals surface area contributed by atoms with Gasteiger partial charge in [-0.3, -0.25) is 14.9 Å². The maximum atomic E-state index is 13.1. The first-order chi connectivity index (χ1) is 13.9. The standard InChI is InChI=1S/C21H14FN3O4/c1-12-2-3-14(10-18(12)25(27)28)20(26)23-16-8-9-19-17(11-16)24-21(29-19)13-4-6-15(22)7-5-13/h2-11H,1H3,(H,23,26). The number of aromatic nitrogens is 1. The fourth-order valence-electron chi connectivity index (χ4n) is 2.87. The molecular weight excluding hydrogens is 377 g/mol. The number of nitrogens with zero attached hydrogens (tertiary/aromatic N) is 2. The molecule has 1 heterocycles. The number of amides is 1. The van der Waals surface area contributed by atoms with Gasteiger partial charge in [-0.05, 0) is 55.5 Å². The van der Waals surface area contributed by atoms with Crippen LogP contribution in [0.2, 0.25) is 0 Å². The molecule has 0 atom stereocenters. The van der Waals surface area contributed by atoms with Gasteiger partial charge >= 0.3 is 0 Å². The van der Waals surface area contributed by atoms with Crippen molar-refractivity contribution in [3.8, 4) is 11.5 Å². The van der Waals surface area contributed by atoms with Gasteiger partial charge in [0.15, 0.2) is 5.58 Å². The van der Waals surface area contributed by atoms with Gasteiger partial charge in [0.1, 0.15) is 11.3 Å². The number of fused-ring (bicyclic) bond motifs is 1. The lowest BCUT2D eigenvalue weighted by Gasteiger charge is -2.06. The van der Waals surface area contributed by atoms with Crippen molar-refractivity contribution in [2.45, 2.75) is 6.92 Å². The second-order valence-electron chi connectivity index (χ2n) is 6.42. The molecule has 0 unspecified atom stereocenters. The third kappa shape index (κ3) is 3.68. The molecule has 29 heavy (non-hydrogen) atoms. The second kappa shape index (κ2) is 7.16. The van der Waals surface area contributed by atoms with E-state index < -0.39 is 10.8 Å². The van der Waals surface area contributed by atoms with Crippen molar-refractivity contribution in [2.75, 3.05) is 5.32 Å². The Kier molecular flexibility index (Phi) is 4.52. The van der Waals surface area contributed by atoms with E-state index in [1.807, 2.05) is 0 Å². The topological polar surface area (TPSA) is 98.3 Å². The van der Waals surface area contributed by atoms with Crippen molar-refractivity contribution >= 4 is 28.4 Å². The molecule has 0 saturated carbocycles. The molecule has 144 valence electrons. The zero-order valence-corrected chi connectivity index (χ0v) is 15.2. The molecule has 0 fully saturated rings. The monoisotopic (exact) mass is 391 g/mol. The van der Waals surface area contributed by atoms with E-state index in [0.29, 0.717) is 33.8 Å². The molecule has 1 aromatic heterocycles. The van der Waals surface area contributed by atoms with Crippen LogP contribution >= 0.6 is 0 Å². The molecule has 8 heteroatoms. The number of nitrogens with one attached hydrogen (secondary N) is 1. The first-order valence-corrected chi connectivity index (χ1v) is 8.63. The molecule has 7 nitrogen and oxygen atoms in total. The van der Waals surface area contributed by atoms with Crippen molar-refractivity contribution in [3.63, 3.8) is 0 Å². The summed E-state index contributed by atoms with van der Waals surface area (Å²) in [6.07, 6.45) is 0. The number of rotatable bonds is 4. The summed E-state index contributed by atoms with van der Waals surface area (Å²) in [6, 6.07) is 15.0. The van der Waals surface area contributed by atoms with E-state index in [2.05, 4.69) is 10.3 Å². The largest absolute Gasteiger partial charge is 0.436 e. The molecule has 3 aromatic carbocycles. The number of hydrogen-bond acceptors (Lipinski definition) is 5. The molecule has 0 saturated heterocycles. The third-order valence-corrected chi connectivity index (χ3v) is 4.40. The Balaban J connectivity index is 1.60. The number of halogens is 1. The Bertz CT molecular complexity index is 1250. The predicted octanol–water partition coefficient (Wildman–Crippen LogP) is 5.10. The van der Waals surface area contributed by atoms with Crippen LogP contribution in [0.1, 0.15) is 15.9 Å². The Morgan fingerprint density at radius 2 is 1.86 bits per heavy atom. The molecular formula is C21H14FN3O4. The SMILES string of the molecule is Cc1ccc(C(=O)Nc2ccc3oc(-c4ccc(F)cc4)nc3c2)cc1[N+](=O)[O-]. The molecule has 0 aliphatic carbocycles. The molecule has 1 amide bonds. The van der Waals surface area contributed by atoms with Crippen LogP contribution in [0.25, 0.3) is 22.6 Å². The number of hydrogen-bond donors (Lipinski definition) is 1. The molecule has 1 N–H and O–H groups in total. The van der Waals surface area contributed by atoms with Gasteiger partial charge in [0.25, 0.3) is 11.6 Å². The Morgan fingerprint density at radius 3 is 2.59 bits per heavy atom. The normalized spacial score (nSPS) is 10.8. The van der Waals surface area contributed by atoms with Gasteiger partial charge in [-0.1, -0.05) is 6.07 Å². The van der Waals surface area contributed by atoms with E-state index in [9.17, 15) is 19.3 Å². The van der Waals surface area contributed by atoms with Crippen LogP contribution in [0.3, 0.4) is 0 Å². The molecule has 4 rings (SSSR count). The first kappa shape index (κ1) is 18.3. The van der Waals surface area contributed by atoms with E-state index in [1.165, 1.54) is 30.3 Å². The lowest BCUT2D eigenvalue weighted by atomic mass is 10.1. The summed E-state index contributed by atoms with van der Waals surface area (Å²) >= 11 is 0. The van der Waals surface area contributed by atoms with Crippen LogP contribution in [0.5, 0.6) is 0 Å². The highest BCUT2D eigenvalue weighted by molar-refractivity contribution is 6.05. The van der Waals surface area contributed by atoms with Crippen molar-refractivity contribution < 1.29 is 18.5 Å². The Morgan fingerprint density at radius 1 is 1.10 bits per heavy atom. The van der Waals surface area contributed by atoms with Crippen LogP contribution in [0.4, 0.5) is 15.8 Å². The number of carbonyl (C=O) groups is 1. The van der Waals surface area contributed by atoms with Crippen LogP contribution in [0, 0.1) is 22.9 Å². The average Bonchev–Trinajstić information content (AvgIpc) is 3.12. The molecule has 0 aliphatic rings. The smallest absolute Gasteiger partial charge is 0.273 e. The molecule has 0 bridgehead atoms. The first-order valence-electron chi connectivity index (χ1n) is 8.63. The van der Waals surface area contributed by atoms with Gasteiger partial charge in [-0.2, -0.15) is 0 Å². The fourth-order valence-corrected chi connectivity index (χ4v) is 2.87. The zero-order chi connectivity index (χ0) is 20.5. The predicted molar refractivity (Wildman–Crippen MR) is 105 cm³/mol. The summed E-state index contributed by atoms with van der Waals surface area (Å²) < 4.78 is 18.8. The lowest BCUT2D eigenvalue weighted by molar-refractivity contribution is -0.385. The summed E-state index contributed by atoms with van der Waals surface area (Å²) in [5.74, 6) is -0.501. The molecule has 0 radical (unpaired) electrons. The summed E-state index contributed by atoms with van der Waals surface area (Å²) in [6.45, 7) is 1.61. The number of benzene rings is 3. The van der Waals surface area contributed by atoms with Gasteiger partial charge < -0.3 is 9.73 Å². The Hall–Kier alpha value is -4.07. The average molecular weight is 391 g/mol. The minimum absolute atomic E-state index is 0.117. The van der Waals surface area contributed by atoms with Crippen LogP contribution in [-0.4, -0.2) is 15.8 Å². The maximum Gasteiger partial charge on any atom is 0.273 e. The van der Waals surface area contributed by atoms with Crippen molar-refractivity contribution in [3.05, 3.63) is 87.7 Å². The lowest BCUT2D eigenvalue weighted by Crippen LogP contribution is -2.12. The fraction of sp³-hybridized carbons (Fsp3) is 0.0476. The van der Waals surface area contributed by atoms with Crippen molar-refractivity contribution in [2.24, 2.45) is 0 Å². The van der Waals surface area contributed by atoms with Gasteiger partial charge in [0.05, 0.1) is 4.92 Å². The summed E-state index contributed by atoms with van der Waals surface area (Å²) in [5.41, 5.74) is 2.64. The number of anilines is 1. The number of nitro groups is 1. The number of aryl methyl sites for hydroxylation is 1. The molecule has 0 aliphatic heterocycles. The van der Waals surface area contributed by atoms with Crippen molar-refractivity contribution in [1.82, 2.24) is 4.98 Å². The minimum Gasteiger partial charge on any atom is -0.436 e. The highest BCUT2D eigenvalue weighted by Gasteiger charge is 2.16. The number of oxazole rings is 1. The second-order valence-corrected chi connectivity index (χ2v) is 6.42. The van der Waals surface area contributed by atoms with E-state index in [4.69, 9.17) is 4.42 Å². The minimum atomic E-state index is -0.523. The quantitative estimate of drug-likeness (QED) is 0.385. The highest BCUT2D eigenvalue weighted by atomic mass is 19.1. The maximum absolute atomic E-state index is 13.1. The summed E-state index contributed by atoms with van der Waals surface area (Å²) in [7, 11) is 0. The van der Waals surface area contributed by atoms with Gasteiger partial charge in [-0.15, -0.1) is 0 Å². The summed E-state index contributed by atoms with van der Waals surface area (Å²) in [4.78, 5) is 27.4. The van der Waals surface area contributed by atoms with Crippen LogP contribution in [-0.2, 0) is 0 Å². The number of carbonyl (C=O) groups excluding carboxylic acids is 1. The van der Waals surface area contributed by atoms with Crippen molar-refractivity contribution in [1.29, 1.82) is 0 Å². The molecule has 0 spiro atoms.